The molecular weight excluding hydrogens is 266 g/mol. The first-order valence-electron chi connectivity index (χ1n) is 8.57. The van der Waals surface area contributed by atoms with Crippen molar-refractivity contribution >= 4 is 0 Å². The minimum absolute atomic E-state index is 0.632. The summed E-state index contributed by atoms with van der Waals surface area (Å²) < 4.78 is 0. The number of benzene rings is 2. The van der Waals surface area contributed by atoms with Crippen molar-refractivity contribution in [3.05, 3.63) is 71.3 Å². The molecule has 4 rings (SSSR count). The van der Waals surface area contributed by atoms with Crippen LogP contribution in [0.25, 0.3) is 0 Å². The molecule has 2 unspecified atom stereocenters. The Hall–Kier alpha value is -1.60. The number of piperidine rings is 1. The molecule has 0 aliphatic carbocycles. The van der Waals surface area contributed by atoms with E-state index in [1.54, 1.807) is 0 Å². The van der Waals surface area contributed by atoms with Crippen LogP contribution in [0.15, 0.2) is 54.6 Å². The predicted octanol–water partition coefficient (Wildman–Crippen LogP) is 4.73. The number of rotatable bonds is 2. The van der Waals surface area contributed by atoms with E-state index >= 15 is 0 Å². The highest BCUT2D eigenvalue weighted by atomic mass is 15.2. The highest BCUT2D eigenvalue weighted by Crippen LogP contribution is 2.50. The molecule has 0 N–H and O–H groups in total. The highest BCUT2D eigenvalue weighted by molar-refractivity contribution is 5.34. The molecule has 0 aromatic heterocycles. The van der Waals surface area contributed by atoms with Gasteiger partial charge in [0.05, 0.1) is 0 Å². The SMILES string of the molecule is Cc1ccc([C@@H]2C[C@H]3CCC(C2c2ccccc2)N3C)cc1. The summed E-state index contributed by atoms with van der Waals surface area (Å²) in [5, 5.41) is 0. The van der Waals surface area contributed by atoms with Crippen molar-refractivity contribution < 1.29 is 0 Å². The molecule has 2 aliphatic heterocycles. The van der Waals surface area contributed by atoms with E-state index in [9.17, 15) is 0 Å². The lowest BCUT2D eigenvalue weighted by Crippen LogP contribution is -2.44. The van der Waals surface area contributed by atoms with Crippen molar-refractivity contribution in [2.24, 2.45) is 0 Å². The second-order valence-electron chi connectivity index (χ2n) is 7.15. The van der Waals surface area contributed by atoms with E-state index in [1.165, 1.54) is 36.0 Å². The van der Waals surface area contributed by atoms with Crippen molar-refractivity contribution in [3.8, 4) is 0 Å². The molecule has 0 amide bonds. The highest BCUT2D eigenvalue weighted by Gasteiger charge is 2.46. The van der Waals surface area contributed by atoms with Crippen LogP contribution in [0.5, 0.6) is 0 Å². The fourth-order valence-corrected chi connectivity index (χ4v) is 4.75. The average Bonchev–Trinajstić information content (AvgIpc) is 2.79. The van der Waals surface area contributed by atoms with Gasteiger partial charge in [-0.15, -0.1) is 0 Å². The molecule has 2 saturated heterocycles. The number of hydrogen-bond acceptors (Lipinski definition) is 1. The van der Waals surface area contributed by atoms with E-state index in [-0.39, 0.29) is 0 Å². The van der Waals surface area contributed by atoms with Gasteiger partial charge in [0.1, 0.15) is 0 Å². The first-order chi connectivity index (χ1) is 10.7. The maximum atomic E-state index is 2.66. The number of likely N-dealkylation sites (N-methyl/N-ethyl adjacent to an activating group) is 1. The zero-order chi connectivity index (χ0) is 15.1. The van der Waals surface area contributed by atoms with Crippen LogP contribution in [0, 0.1) is 6.92 Å². The van der Waals surface area contributed by atoms with Gasteiger partial charge in [-0.2, -0.15) is 0 Å². The van der Waals surface area contributed by atoms with Crippen LogP contribution in [0.3, 0.4) is 0 Å². The van der Waals surface area contributed by atoms with E-state index in [1.807, 2.05) is 0 Å². The number of aryl methyl sites for hydroxylation is 1. The van der Waals surface area contributed by atoms with Gasteiger partial charge >= 0.3 is 0 Å². The smallest absolute Gasteiger partial charge is 0.0170 e. The average molecular weight is 291 g/mol. The van der Waals surface area contributed by atoms with Gasteiger partial charge in [-0.3, -0.25) is 4.90 Å². The third-order valence-electron chi connectivity index (χ3n) is 5.96. The summed E-state index contributed by atoms with van der Waals surface area (Å²) in [5.74, 6) is 1.30. The zero-order valence-electron chi connectivity index (χ0n) is 13.6. The number of nitrogens with zero attached hydrogens (tertiary/aromatic N) is 1. The van der Waals surface area contributed by atoms with Crippen molar-refractivity contribution in [1.82, 2.24) is 4.90 Å². The lowest BCUT2D eigenvalue weighted by Gasteiger charge is -2.43. The third-order valence-corrected chi connectivity index (χ3v) is 5.96. The predicted molar refractivity (Wildman–Crippen MR) is 92.3 cm³/mol. The number of fused-ring (bicyclic) bond motifs is 2. The maximum absolute atomic E-state index is 2.66. The van der Waals surface area contributed by atoms with Crippen LogP contribution in [-0.2, 0) is 0 Å². The van der Waals surface area contributed by atoms with Gasteiger partial charge in [0.25, 0.3) is 0 Å². The Morgan fingerprint density at radius 1 is 0.864 bits per heavy atom. The molecule has 2 fully saturated rings. The molecule has 2 aliphatic rings. The maximum Gasteiger partial charge on any atom is 0.0170 e. The summed E-state index contributed by atoms with van der Waals surface area (Å²) in [7, 11) is 2.34. The van der Waals surface area contributed by atoms with E-state index in [0.717, 1.165) is 6.04 Å². The van der Waals surface area contributed by atoms with Crippen LogP contribution in [0.2, 0.25) is 0 Å². The summed E-state index contributed by atoms with van der Waals surface area (Å²) in [6, 6.07) is 21.9. The molecule has 0 radical (unpaired) electrons. The summed E-state index contributed by atoms with van der Waals surface area (Å²) in [6.07, 6.45) is 4.02. The molecular formula is C21H25N. The fraction of sp³-hybridized carbons (Fsp3) is 0.429. The van der Waals surface area contributed by atoms with E-state index < -0.39 is 0 Å². The Kier molecular flexibility index (Phi) is 3.54. The lowest BCUT2D eigenvalue weighted by molar-refractivity contribution is 0.137. The standard InChI is InChI=1S/C21H25N/c1-15-8-10-16(11-9-15)19-14-18-12-13-20(22(18)2)21(19)17-6-4-3-5-7-17/h3-11,18-21H,12-14H2,1-2H3/t18-,19+,20?,21?/m1/s1. The van der Waals surface area contributed by atoms with Gasteiger partial charge in [0, 0.05) is 18.0 Å². The van der Waals surface area contributed by atoms with Crippen LogP contribution >= 0.6 is 0 Å². The van der Waals surface area contributed by atoms with Gasteiger partial charge in [-0.25, -0.2) is 0 Å². The number of hydrogen-bond donors (Lipinski definition) is 0. The van der Waals surface area contributed by atoms with E-state index in [2.05, 4.69) is 73.5 Å². The summed E-state index contributed by atoms with van der Waals surface area (Å²) >= 11 is 0. The van der Waals surface area contributed by atoms with Crippen molar-refractivity contribution in [2.45, 2.75) is 50.1 Å². The quantitative estimate of drug-likeness (QED) is 0.773. The molecule has 4 atom stereocenters. The molecule has 1 heteroatoms. The van der Waals surface area contributed by atoms with Gasteiger partial charge in [-0.1, -0.05) is 60.2 Å². The molecule has 2 bridgehead atoms. The van der Waals surface area contributed by atoms with Gasteiger partial charge in [-0.05, 0) is 50.3 Å². The Morgan fingerprint density at radius 2 is 1.59 bits per heavy atom. The topological polar surface area (TPSA) is 3.24 Å². The van der Waals surface area contributed by atoms with E-state index in [0.29, 0.717) is 17.9 Å². The summed E-state index contributed by atoms with van der Waals surface area (Å²) in [6.45, 7) is 2.18. The Morgan fingerprint density at radius 3 is 2.32 bits per heavy atom. The van der Waals surface area contributed by atoms with Crippen molar-refractivity contribution in [1.29, 1.82) is 0 Å². The molecule has 2 heterocycles. The van der Waals surface area contributed by atoms with Crippen LogP contribution in [0.4, 0.5) is 0 Å². The zero-order valence-corrected chi connectivity index (χ0v) is 13.6. The Labute approximate surface area is 134 Å². The summed E-state index contributed by atoms with van der Waals surface area (Å²) in [4.78, 5) is 2.66. The lowest BCUT2D eigenvalue weighted by atomic mass is 9.73. The Bertz CT molecular complexity index is 631. The van der Waals surface area contributed by atoms with Crippen LogP contribution < -0.4 is 0 Å². The second-order valence-corrected chi connectivity index (χ2v) is 7.15. The first kappa shape index (κ1) is 14.0. The molecule has 2 aromatic rings. The molecule has 114 valence electrons. The largest absolute Gasteiger partial charge is 0.300 e. The van der Waals surface area contributed by atoms with E-state index in [4.69, 9.17) is 0 Å². The summed E-state index contributed by atoms with van der Waals surface area (Å²) in [5.41, 5.74) is 4.41. The second kappa shape index (κ2) is 5.55. The van der Waals surface area contributed by atoms with Gasteiger partial charge < -0.3 is 0 Å². The first-order valence-corrected chi connectivity index (χ1v) is 8.57. The Balaban J connectivity index is 1.76. The molecule has 2 aromatic carbocycles. The van der Waals surface area contributed by atoms with Crippen LogP contribution in [0.1, 0.15) is 47.8 Å². The minimum atomic E-state index is 0.632. The van der Waals surface area contributed by atoms with Crippen LogP contribution in [-0.4, -0.2) is 24.0 Å². The molecule has 22 heavy (non-hydrogen) atoms. The normalized spacial score (nSPS) is 31.4. The molecule has 0 saturated carbocycles. The van der Waals surface area contributed by atoms with Crippen molar-refractivity contribution in [3.63, 3.8) is 0 Å². The molecule has 1 nitrogen and oxygen atoms in total. The minimum Gasteiger partial charge on any atom is -0.300 e. The molecule has 0 spiro atoms. The van der Waals surface area contributed by atoms with Gasteiger partial charge in [0.2, 0.25) is 0 Å². The van der Waals surface area contributed by atoms with Crippen molar-refractivity contribution in [2.75, 3.05) is 7.05 Å². The monoisotopic (exact) mass is 291 g/mol. The van der Waals surface area contributed by atoms with Gasteiger partial charge in [0.15, 0.2) is 0 Å². The third kappa shape index (κ3) is 2.28. The fourth-order valence-electron chi connectivity index (χ4n) is 4.75.